The van der Waals surface area contributed by atoms with E-state index in [9.17, 15) is 4.79 Å². The number of ether oxygens (including phenoxy) is 2. The second kappa shape index (κ2) is 4.94. The van der Waals surface area contributed by atoms with E-state index in [0.29, 0.717) is 40.9 Å². The summed E-state index contributed by atoms with van der Waals surface area (Å²) >= 11 is 5.81. The molecule has 0 amide bonds. The highest BCUT2D eigenvalue weighted by atomic mass is 35.5. The maximum absolute atomic E-state index is 11.7. The quantitative estimate of drug-likeness (QED) is 0.827. The van der Waals surface area contributed by atoms with Crippen molar-refractivity contribution >= 4 is 17.4 Å². The molecule has 3 nitrogen and oxygen atoms in total. The molecule has 96 valence electrons. The first-order valence-corrected chi connectivity index (χ1v) is 6.34. The van der Waals surface area contributed by atoms with Gasteiger partial charge >= 0.3 is 0 Å². The molecule has 0 N–H and O–H groups in total. The van der Waals surface area contributed by atoms with Crippen LogP contribution in [0.5, 0.6) is 17.2 Å². The number of rotatable bonds is 2. The maximum atomic E-state index is 11.7. The summed E-state index contributed by atoms with van der Waals surface area (Å²) in [5, 5.41) is 0.659. The predicted octanol–water partition coefficient (Wildman–Crippen LogP) is 4.10. The van der Waals surface area contributed by atoms with Crippen molar-refractivity contribution in [3.8, 4) is 17.2 Å². The normalized spacial score (nSPS) is 13.6. The van der Waals surface area contributed by atoms with Crippen molar-refractivity contribution in [1.29, 1.82) is 0 Å². The van der Waals surface area contributed by atoms with Crippen molar-refractivity contribution in [2.75, 3.05) is 6.61 Å². The lowest BCUT2D eigenvalue weighted by atomic mass is 10.1. The fourth-order valence-electron chi connectivity index (χ4n) is 1.94. The largest absolute Gasteiger partial charge is 0.492 e. The van der Waals surface area contributed by atoms with Crippen molar-refractivity contribution in [2.45, 2.75) is 6.42 Å². The van der Waals surface area contributed by atoms with Crippen LogP contribution >= 0.6 is 11.6 Å². The van der Waals surface area contributed by atoms with Gasteiger partial charge in [-0.1, -0.05) is 11.6 Å². The number of benzene rings is 2. The van der Waals surface area contributed by atoms with Gasteiger partial charge < -0.3 is 9.47 Å². The van der Waals surface area contributed by atoms with E-state index in [2.05, 4.69) is 0 Å². The smallest absolute Gasteiger partial charge is 0.169 e. The summed E-state index contributed by atoms with van der Waals surface area (Å²) in [5.74, 6) is 2.02. The summed E-state index contributed by atoms with van der Waals surface area (Å²) in [5.41, 5.74) is 0.620. The minimum Gasteiger partial charge on any atom is -0.492 e. The highest BCUT2D eigenvalue weighted by Gasteiger charge is 2.18. The first-order chi connectivity index (χ1) is 9.22. The Morgan fingerprint density at radius 2 is 1.79 bits per heavy atom. The van der Waals surface area contributed by atoms with Crippen LogP contribution in [0.3, 0.4) is 0 Å². The van der Waals surface area contributed by atoms with Crippen LogP contribution in [0.15, 0.2) is 42.5 Å². The first kappa shape index (κ1) is 12.1. The van der Waals surface area contributed by atoms with Gasteiger partial charge in [0.25, 0.3) is 0 Å². The summed E-state index contributed by atoms with van der Waals surface area (Å²) in [4.78, 5) is 11.7. The van der Waals surface area contributed by atoms with Gasteiger partial charge in [0.1, 0.15) is 17.2 Å². The number of hydrogen-bond donors (Lipinski definition) is 0. The Hall–Kier alpha value is -2.00. The van der Waals surface area contributed by atoms with Gasteiger partial charge in [-0.3, -0.25) is 4.79 Å². The zero-order valence-corrected chi connectivity index (χ0v) is 10.8. The molecule has 0 bridgehead atoms. The van der Waals surface area contributed by atoms with Gasteiger partial charge in [0, 0.05) is 17.5 Å². The molecule has 1 aliphatic rings. The van der Waals surface area contributed by atoms with Gasteiger partial charge in [-0.25, -0.2) is 0 Å². The van der Waals surface area contributed by atoms with Crippen LogP contribution in [-0.4, -0.2) is 12.4 Å². The standard InChI is InChI=1S/C15H11ClO3/c16-10-1-3-11(4-2-10)19-12-5-6-13-14(17)7-8-18-15(13)9-12/h1-6,9H,7-8H2. The second-order valence-corrected chi connectivity index (χ2v) is 4.67. The Morgan fingerprint density at radius 3 is 2.58 bits per heavy atom. The molecule has 2 aromatic carbocycles. The Morgan fingerprint density at radius 1 is 1.05 bits per heavy atom. The molecule has 0 saturated carbocycles. The second-order valence-electron chi connectivity index (χ2n) is 4.24. The molecule has 0 aliphatic carbocycles. The zero-order chi connectivity index (χ0) is 13.2. The van der Waals surface area contributed by atoms with Crippen LogP contribution in [0.1, 0.15) is 16.8 Å². The lowest BCUT2D eigenvalue weighted by Gasteiger charge is -2.17. The van der Waals surface area contributed by atoms with E-state index in [1.807, 2.05) is 0 Å². The molecular formula is C15H11ClO3. The molecule has 19 heavy (non-hydrogen) atoms. The molecular weight excluding hydrogens is 264 g/mol. The van der Waals surface area contributed by atoms with Crippen LogP contribution in [-0.2, 0) is 0 Å². The van der Waals surface area contributed by atoms with Crippen LogP contribution in [0.25, 0.3) is 0 Å². The number of ketones is 1. The number of halogens is 1. The van der Waals surface area contributed by atoms with Gasteiger partial charge in [-0.05, 0) is 36.4 Å². The Bertz CT molecular complexity index is 620. The number of carbonyl (C=O) groups is 1. The molecule has 0 fully saturated rings. The maximum Gasteiger partial charge on any atom is 0.169 e. The molecule has 1 heterocycles. The molecule has 2 aromatic rings. The van der Waals surface area contributed by atoms with E-state index in [0.717, 1.165) is 0 Å². The fourth-order valence-corrected chi connectivity index (χ4v) is 2.07. The minimum absolute atomic E-state index is 0.110. The minimum atomic E-state index is 0.110. The summed E-state index contributed by atoms with van der Waals surface area (Å²) < 4.78 is 11.2. The molecule has 0 saturated heterocycles. The number of fused-ring (bicyclic) bond motifs is 1. The SMILES string of the molecule is O=C1CCOc2cc(Oc3ccc(Cl)cc3)ccc21. The lowest BCUT2D eigenvalue weighted by molar-refractivity contribution is 0.0933. The van der Waals surface area contributed by atoms with E-state index in [1.165, 1.54) is 0 Å². The summed E-state index contributed by atoms with van der Waals surface area (Å²) in [6.07, 6.45) is 0.435. The first-order valence-electron chi connectivity index (χ1n) is 5.96. The highest BCUT2D eigenvalue weighted by molar-refractivity contribution is 6.30. The highest BCUT2D eigenvalue weighted by Crippen LogP contribution is 2.31. The zero-order valence-electron chi connectivity index (χ0n) is 10.1. The van der Waals surface area contributed by atoms with E-state index in [1.54, 1.807) is 42.5 Å². The molecule has 1 aliphatic heterocycles. The van der Waals surface area contributed by atoms with Crippen molar-refractivity contribution in [2.24, 2.45) is 0 Å². The third kappa shape index (κ3) is 2.56. The van der Waals surface area contributed by atoms with Crippen LogP contribution in [0.4, 0.5) is 0 Å². The van der Waals surface area contributed by atoms with Gasteiger partial charge in [-0.15, -0.1) is 0 Å². The number of hydrogen-bond acceptors (Lipinski definition) is 3. The summed E-state index contributed by atoms with van der Waals surface area (Å²) in [6, 6.07) is 12.3. The van der Waals surface area contributed by atoms with Crippen LogP contribution in [0.2, 0.25) is 5.02 Å². The Kier molecular flexibility index (Phi) is 3.13. The van der Waals surface area contributed by atoms with Gasteiger partial charge in [0.2, 0.25) is 0 Å². The Balaban J connectivity index is 1.86. The van der Waals surface area contributed by atoms with E-state index >= 15 is 0 Å². The van der Waals surface area contributed by atoms with Crippen molar-refractivity contribution in [3.63, 3.8) is 0 Å². The number of Topliss-reactive ketones (excluding diaryl/α,β-unsaturated/α-hetero) is 1. The molecule has 3 rings (SSSR count). The average molecular weight is 275 g/mol. The van der Waals surface area contributed by atoms with Gasteiger partial charge in [0.05, 0.1) is 12.2 Å². The van der Waals surface area contributed by atoms with Crippen molar-refractivity contribution in [1.82, 2.24) is 0 Å². The summed E-state index contributed by atoms with van der Waals surface area (Å²) in [6.45, 7) is 0.427. The van der Waals surface area contributed by atoms with E-state index < -0.39 is 0 Å². The number of carbonyl (C=O) groups excluding carboxylic acids is 1. The van der Waals surface area contributed by atoms with Gasteiger partial charge in [-0.2, -0.15) is 0 Å². The molecule has 0 aromatic heterocycles. The van der Waals surface area contributed by atoms with Crippen LogP contribution < -0.4 is 9.47 Å². The van der Waals surface area contributed by atoms with Crippen molar-refractivity contribution in [3.05, 3.63) is 53.1 Å². The molecule has 0 radical (unpaired) electrons. The average Bonchev–Trinajstić information content (AvgIpc) is 2.42. The van der Waals surface area contributed by atoms with Crippen LogP contribution in [0, 0.1) is 0 Å². The molecule has 0 unspecified atom stereocenters. The molecule has 0 spiro atoms. The topological polar surface area (TPSA) is 35.5 Å². The molecule has 0 atom stereocenters. The van der Waals surface area contributed by atoms with Crippen molar-refractivity contribution < 1.29 is 14.3 Å². The molecule has 4 heteroatoms. The fraction of sp³-hybridized carbons (Fsp3) is 0.133. The third-order valence-electron chi connectivity index (χ3n) is 2.89. The van der Waals surface area contributed by atoms with E-state index in [-0.39, 0.29) is 5.78 Å². The monoisotopic (exact) mass is 274 g/mol. The lowest BCUT2D eigenvalue weighted by Crippen LogP contribution is -2.14. The third-order valence-corrected chi connectivity index (χ3v) is 3.14. The Labute approximate surface area is 115 Å². The van der Waals surface area contributed by atoms with E-state index in [4.69, 9.17) is 21.1 Å². The predicted molar refractivity (Wildman–Crippen MR) is 72.4 cm³/mol. The summed E-state index contributed by atoms with van der Waals surface area (Å²) in [7, 11) is 0. The van der Waals surface area contributed by atoms with Gasteiger partial charge in [0.15, 0.2) is 5.78 Å².